The van der Waals surface area contributed by atoms with Crippen molar-refractivity contribution in [3.63, 3.8) is 0 Å². The minimum Gasteiger partial charge on any atom is -0.441 e. The first-order valence-electron chi connectivity index (χ1n) is 10.3. The monoisotopic (exact) mass is 447 g/mol. The van der Waals surface area contributed by atoms with Crippen LogP contribution in [0.15, 0.2) is 58.2 Å². The van der Waals surface area contributed by atoms with Gasteiger partial charge in [-0.2, -0.15) is 5.26 Å². The number of oxazole rings is 1. The summed E-state index contributed by atoms with van der Waals surface area (Å²) >= 11 is 0. The highest BCUT2D eigenvalue weighted by Gasteiger charge is 2.34. The number of aryl methyl sites for hydroxylation is 1. The van der Waals surface area contributed by atoms with Gasteiger partial charge in [-0.3, -0.25) is 0 Å². The zero-order valence-corrected chi connectivity index (χ0v) is 18.2. The summed E-state index contributed by atoms with van der Waals surface area (Å²) in [6.45, 7) is 1.84. The fourth-order valence-electron chi connectivity index (χ4n) is 4.16. The zero-order valence-electron chi connectivity index (χ0n) is 17.4. The number of aromatic amines is 1. The third kappa shape index (κ3) is 3.74. The summed E-state index contributed by atoms with van der Waals surface area (Å²) < 4.78 is 31.3. The van der Waals surface area contributed by atoms with Crippen LogP contribution >= 0.6 is 0 Å². The van der Waals surface area contributed by atoms with Crippen LogP contribution in [0.2, 0.25) is 0 Å². The standard InChI is InChI=1S/C23H21N5O3S/c1-14-11-27-23(31-14)20-12-26-22-19(5-6-25-22)21(20)28-17-7-16(8-17)13-32(29,30)18-4-2-3-15(9-18)10-24/h2-6,9,11-12,16-17H,7-8,13H2,1H3,(H2,25,26,28). The van der Waals surface area contributed by atoms with Gasteiger partial charge in [0.05, 0.1) is 39.7 Å². The average Bonchev–Trinajstić information content (AvgIpc) is 3.41. The van der Waals surface area contributed by atoms with Crippen molar-refractivity contribution in [2.75, 3.05) is 11.1 Å². The number of anilines is 1. The molecule has 1 saturated carbocycles. The summed E-state index contributed by atoms with van der Waals surface area (Å²) in [6.07, 6.45) is 6.70. The van der Waals surface area contributed by atoms with E-state index in [9.17, 15) is 8.42 Å². The molecule has 0 radical (unpaired) electrons. The maximum Gasteiger partial charge on any atom is 0.229 e. The summed E-state index contributed by atoms with van der Waals surface area (Å²) in [5, 5.41) is 13.5. The highest BCUT2D eigenvalue weighted by atomic mass is 32.2. The molecule has 1 fully saturated rings. The first kappa shape index (κ1) is 20.3. The number of rotatable bonds is 6. The summed E-state index contributed by atoms with van der Waals surface area (Å²) in [6, 6.07) is 10.3. The van der Waals surface area contributed by atoms with Crippen molar-refractivity contribution in [1.29, 1.82) is 5.26 Å². The van der Waals surface area contributed by atoms with Crippen LogP contribution in [0.3, 0.4) is 0 Å². The van der Waals surface area contributed by atoms with Gasteiger partial charge in [0.25, 0.3) is 0 Å². The van der Waals surface area contributed by atoms with Gasteiger partial charge in [0, 0.05) is 23.8 Å². The minimum absolute atomic E-state index is 0.0548. The Labute approximate surface area is 185 Å². The molecule has 162 valence electrons. The van der Waals surface area contributed by atoms with Crippen molar-refractivity contribution in [1.82, 2.24) is 15.0 Å². The molecule has 5 rings (SSSR count). The number of nitrogens with one attached hydrogen (secondary N) is 2. The molecule has 1 aromatic carbocycles. The predicted octanol–water partition coefficient (Wildman–Crippen LogP) is 4.06. The molecule has 1 aliphatic rings. The van der Waals surface area contributed by atoms with E-state index in [1.54, 1.807) is 30.6 Å². The lowest BCUT2D eigenvalue weighted by molar-refractivity contribution is 0.311. The normalized spacial score (nSPS) is 18.2. The van der Waals surface area contributed by atoms with Crippen LogP contribution in [0.25, 0.3) is 22.5 Å². The molecule has 8 nitrogen and oxygen atoms in total. The quantitative estimate of drug-likeness (QED) is 0.456. The number of hydrogen-bond acceptors (Lipinski definition) is 7. The van der Waals surface area contributed by atoms with Crippen LogP contribution in [-0.4, -0.2) is 35.2 Å². The fourth-order valence-corrected chi connectivity index (χ4v) is 5.84. The van der Waals surface area contributed by atoms with E-state index in [0.717, 1.165) is 40.9 Å². The second-order valence-electron chi connectivity index (χ2n) is 8.16. The van der Waals surface area contributed by atoms with Gasteiger partial charge in [-0.05, 0) is 49.9 Å². The first-order chi connectivity index (χ1) is 15.4. The van der Waals surface area contributed by atoms with Crippen LogP contribution in [-0.2, 0) is 9.84 Å². The van der Waals surface area contributed by atoms with Crippen molar-refractivity contribution >= 4 is 26.6 Å². The molecule has 3 aromatic heterocycles. The smallest absolute Gasteiger partial charge is 0.229 e. The van der Waals surface area contributed by atoms with E-state index in [-0.39, 0.29) is 22.6 Å². The Morgan fingerprint density at radius 3 is 2.84 bits per heavy atom. The maximum absolute atomic E-state index is 12.8. The van der Waals surface area contributed by atoms with Crippen LogP contribution in [0, 0.1) is 24.2 Å². The number of nitrogens with zero attached hydrogens (tertiary/aromatic N) is 3. The number of aromatic nitrogens is 3. The Morgan fingerprint density at radius 1 is 1.25 bits per heavy atom. The lowest BCUT2D eigenvalue weighted by atomic mass is 9.81. The van der Waals surface area contributed by atoms with Crippen LogP contribution in [0.5, 0.6) is 0 Å². The van der Waals surface area contributed by atoms with E-state index in [4.69, 9.17) is 9.68 Å². The van der Waals surface area contributed by atoms with E-state index in [1.165, 1.54) is 6.07 Å². The molecule has 9 heteroatoms. The SMILES string of the molecule is Cc1cnc(-c2cnc3[nH]ccc3c2NC2CC(CS(=O)(=O)c3cccc(C#N)c3)C2)o1. The van der Waals surface area contributed by atoms with Crippen molar-refractivity contribution in [3.8, 4) is 17.5 Å². The van der Waals surface area contributed by atoms with E-state index in [0.29, 0.717) is 11.5 Å². The molecular weight excluding hydrogens is 426 g/mol. The lowest BCUT2D eigenvalue weighted by Crippen LogP contribution is -2.39. The Kier molecular flexibility index (Phi) is 4.94. The summed E-state index contributed by atoms with van der Waals surface area (Å²) in [7, 11) is -3.44. The molecule has 0 aliphatic heterocycles. The highest BCUT2D eigenvalue weighted by Crippen LogP contribution is 2.38. The zero-order chi connectivity index (χ0) is 22.3. The van der Waals surface area contributed by atoms with E-state index < -0.39 is 9.84 Å². The highest BCUT2D eigenvalue weighted by molar-refractivity contribution is 7.91. The molecule has 32 heavy (non-hydrogen) atoms. The van der Waals surface area contributed by atoms with E-state index in [2.05, 4.69) is 20.3 Å². The topological polar surface area (TPSA) is 125 Å². The number of nitriles is 1. The number of benzene rings is 1. The minimum atomic E-state index is -3.44. The van der Waals surface area contributed by atoms with Gasteiger partial charge in [-0.15, -0.1) is 0 Å². The van der Waals surface area contributed by atoms with Gasteiger partial charge in [-0.1, -0.05) is 6.07 Å². The Bertz CT molecular complexity index is 1440. The fraction of sp³-hybridized carbons (Fsp3) is 0.261. The molecule has 0 bridgehead atoms. The van der Waals surface area contributed by atoms with E-state index in [1.807, 2.05) is 25.3 Å². The van der Waals surface area contributed by atoms with Gasteiger partial charge >= 0.3 is 0 Å². The Balaban J connectivity index is 1.32. The van der Waals surface area contributed by atoms with Crippen LogP contribution < -0.4 is 5.32 Å². The van der Waals surface area contributed by atoms with Gasteiger partial charge in [0.1, 0.15) is 11.4 Å². The molecule has 3 heterocycles. The van der Waals surface area contributed by atoms with Crippen molar-refractivity contribution in [2.45, 2.75) is 30.7 Å². The molecule has 1 aliphatic carbocycles. The number of hydrogen-bond donors (Lipinski definition) is 2. The molecule has 0 unspecified atom stereocenters. The van der Waals surface area contributed by atoms with Crippen LogP contribution in [0.1, 0.15) is 24.2 Å². The predicted molar refractivity (Wildman–Crippen MR) is 120 cm³/mol. The third-order valence-electron chi connectivity index (χ3n) is 5.80. The summed E-state index contributed by atoms with van der Waals surface area (Å²) in [5.41, 5.74) is 2.76. The number of pyridine rings is 1. The Morgan fingerprint density at radius 2 is 2.09 bits per heavy atom. The second kappa shape index (κ2) is 7.80. The number of fused-ring (bicyclic) bond motifs is 1. The van der Waals surface area contributed by atoms with E-state index >= 15 is 0 Å². The largest absolute Gasteiger partial charge is 0.441 e. The molecule has 0 spiro atoms. The molecule has 4 aromatic rings. The number of sulfone groups is 1. The van der Waals surface area contributed by atoms with Gasteiger partial charge < -0.3 is 14.7 Å². The Hall–Kier alpha value is -3.64. The third-order valence-corrected chi connectivity index (χ3v) is 7.68. The average molecular weight is 448 g/mol. The van der Waals surface area contributed by atoms with Gasteiger partial charge in [0.15, 0.2) is 9.84 Å². The van der Waals surface area contributed by atoms with Crippen molar-refractivity contribution in [3.05, 3.63) is 60.2 Å². The maximum atomic E-state index is 12.8. The summed E-state index contributed by atoms with van der Waals surface area (Å²) in [4.78, 5) is 12.1. The second-order valence-corrected chi connectivity index (χ2v) is 10.2. The summed E-state index contributed by atoms with van der Waals surface area (Å²) in [5.74, 6) is 1.34. The molecule has 0 amide bonds. The first-order valence-corrected chi connectivity index (χ1v) is 12.0. The number of H-pyrrole nitrogens is 1. The molecular formula is C23H21N5O3S. The lowest BCUT2D eigenvalue weighted by Gasteiger charge is -2.36. The van der Waals surface area contributed by atoms with Crippen molar-refractivity contribution < 1.29 is 12.8 Å². The van der Waals surface area contributed by atoms with Gasteiger partial charge in [-0.25, -0.2) is 18.4 Å². The molecule has 0 saturated heterocycles. The van der Waals surface area contributed by atoms with Gasteiger partial charge in [0.2, 0.25) is 5.89 Å². The van der Waals surface area contributed by atoms with Crippen molar-refractivity contribution in [2.24, 2.45) is 5.92 Å². The molecule has 0 atom stereocenters. The molecule has 2 N–H and O–H groups in total. The van der Waals surface area contributed by atoms with Crippen LogP contribution in [0.4, 0.5) is 5.69 Å².